The number of unbranched alkanes of at least 4 members (excludes halogenated alkanes) is 4. The van der Waals surface area contributed by atoms with Crippen molar-refractivity contribution < 1.29 is 0 Å². The Kier molecular flexibility index (Phi) is 37.7. The Bertz CT molecular complexity index is 866. The molecule has 0 saturated carbocycles. The van der Waals surface area contributed by atoms with E-state index in [0.717, 1.165) is 57.7 Å². The molecule has 0 nitrogen and oxygen atoms in total. The van der Waals surface area contributed by atoms with Gasteiger partial charge in [0.05, 0.1) is 0 Å². The first-order valence-electron chi connectivity index (χ1n) is 13.4. The topological polar surface area (TPSA) is 0 Å². The zero-order chi connectivity index (χ0) is 29.3. The maximum atomic E-state index is 5.24. The minimum atomic E-state index is 0. The van der Waals surface area contributed by atoms with Crippen molar-refractivity contribution in [3.05, 3.63) is 88.4 Å². The Balaban J connectivity index is -0.000000300. The molecule has 0 N–H and O–H groups in total. The van der Waals surface area contributed by atoms with Gasteiger partial charge in [-0.3, -0.25) is 0 Å². The molecular weight excluding hydrogens is 774 g/mol. The maximum absolute atomic E-state index is 5.24. The van der Waals surface area contributed by atoms with Gasteiger partial charge in [0.25, 0.3) is 0 Å². The van der Waals surface area contributed by atoms with Gasteiger partial charge in [-0.2, -0.15) is 19.6 Å². The van der Waals surface area contributed by atoms with E-state index in [-0.39, 0.29) is 47.8 Å². The molecule has 0 fully saturated rings. The second-order valence-electron chi connectivity index (χ2n) is 8.31. The molecule has 0 aliphatic rings. The summed E-state index contributed by atoms with van der Waals surface area (Å²) in [6.07, 6.45) is 9.11. The van der Waals surface area contributed by atoms with Crippen LogP contribution in [0.3, 0.4) is 0 Å². The summed E-state index contributed by atoms with van der Waals surface area (Å²) in [7, 11) is 0. The average molecular weight is 820 g/mol. The molecular formula is C34H46S4Sn2. The van der Waals surface area contributed by atoms with Gasteiger partial charge >= 0.3 is 47.8 Å². The summed E-state index contributed by atoms with van der Waals surface area (Å²) >= 11 is 20.8. The monoisotopic (exact) mass is 822 g/mol. The van der Waals surface area contributed by atoms with Gasteiger partial charge < -0.3 is 50.5 Å². The van der Waals surface area contributed by atoms with Gasteiger partial charge in [-0.05, 0) is 22.3 Å². The van der Waals surface area contributed by atoms with Crippen LogP contribution >= 0.6 is 0 Å². The van der Waals surface area contributed by atoms with Crippen molar-refractivity contribution in [2.45, 2.75) is 98.6 Å². The molecule has 0 bridgehead atoms. The molecule has 0 aliphatic heterocycles. The summed E-state index contributed by atoms with van der Waals surface area (Å²) in [5.74, 6) is 0. The van der Waals surface area contributed by atoms with E-state index in [1.54, 1.807) is 0 Å². The Morgan fingerprint density at radius 2 is 0.600 bits per heavy atom. The summed E-state index contributed by atoms with van der Waals surface area (Å²) in [4.78, 5) is 2.87. The molecule has 0 aliphatic carbocycles. The SMILES string of the molecule is [CH2]CCC.[CH2]CCC.[CH2]CCC.[CH2]CCC.[S-]c1ccc(-c2ccc(-c3ccc([S-])c([S-])c3)cc2)cc1[S-].[Sn+2].[Sn+2]. The first-order chi connectivity index (χ1) is 18.2. The third-order valence-corrected chi connectivity index (χ3v) is 6.50. The Labute approximate surface area is 304 Å². The van der Waals surface area contributed by atoms with Crippen molar-refractivity contribution in [1.82, 2.24) is 0 Å². The second kappa shape index (κ2) is 32.1. The molecule has 8 radical (unpaired) electrons. The number of hydrogen-bond donors (Lipinski definition) is 0. The van der Waals surface area contributed by atoms with Crippen molar-refractivity contribution in [1.29, 1.82) is 0 Å². The van der Waals surface area contributed by atoms with Gasteiger partial charge in [-0.1, -0.05) is 167 Å². The minimum Gasteiger partial charge on any atom is -0.781 e. The van der Waals surface area contributed by atoms with Gasteiger partial charge in [0, 0.05) is 0 Å². The van der Waals surface area contributed by atoms with Crippen molar-refractivity contribution in [2.75, 3.05) is 0 Å². The predicted octanol–water partition coefficient (Wildman–Crippen LogP) is 10.4. The molecule has 3 aromatic carbocycles. The number of hydrogen-bond acceptors (Lipinski definition) is 4. The van der Waals surface area contributed by atoms with Crippen LogP contribution in [0.2, 0.25) is 0 Å². The Morgan fingerprint density at radius 1 is 0.400 bits per heavy atom. The fourth-order valence-corrected chi connectivity index (χ4v) is 2.87. The molecule has 0 aromatic heterocycles. The van der Waals surface area contributed by atoms with Crippen molar-refractivity contribution in [3.63, 3.8) is 0 Å². The maximum Gasteiger partial charge on any atom is 2.00 e. The van der Waals surface area contributed by atoms with Crippen LogP contribution in [0.4, 0.5) is 0 Å². The van der Waals surface area contributed by atoms with Crippen LogP contribution in [-0.2, 0) is 50.5 Å². The van der Waals surface area contributed by atoms with Crippen LogP contribution in [0.15, 0.2) is 80.2 Å². The molecule has 0 saturated heterocycles. The summed E-state index contributed by atoms with van der Waals surface area (Å²) in [5, 5.41) is 0. The van der Waals surface area contributed by atoms with Crippen LogP contribution in [-0.4, -0.2) is 47.8 Å². The van der Waals surface area contributed by atoms with Gasteiger partial charge in [-0.15, -0.1) is 0 Å². The quantitative estimate of drug-likeness (QED) is 0.179. The van der Waals surface area contributed by atoms with E-state index in [9.17, 15) is 0 Å². The molecule has 3 aromatic rings. The molecule has 0 amide bonds. The van der Waals surface area contributed by atoms with Crippen molar-refractivity contribution in [2.24, 2.45) is 0 Å². The number of benzene rings is 3. The summed E-state index contributed by atoms with van der Waals surface area (Å²) in [6.45, 7) is 22.9. The predicted molar refractivity (Wildman–Crippen MR) is 192 cm³/mol. The normalized spacial score (nSPS) is 8.80. The molecule has 6 heteroatoms. The molecule has 214 valence electrons. The molecule has 0 atom stereocenters. The standard InChI is InChI=1S/C18H14S4.4C4H9.2Sn/c19-15-7-5-13(9-17(15)21)11-1-2-12(4-3-11)14-6-8-16(20)18(22)10-14;4*1-3-4-2;;/h1-10,19-22H;4*1,3-4H2,2H3;;/q;;;;;2*+2/p-4. The van der Waals surface area contributed by atoms with E-state index in [4.69, 9.17) is 50.5 Å². The van der Waals surface area contributed by atoms with Gasteiger partial charge in [-0.25, -0.2) is 0 Å². The van der Waals surface area contributed by atoms with Crippen LogP contribution in [0, 0.1) is 27.7 Å². The third-order valence-electron chi connectivity index (χ3n) is 4.85. The Morgan fingerprint density at radius 3 is 0.775 bits per heavy atom. The largest absolute Gasteiger partial charge is 2.00 e. The smallest absolute Gasteiger partial charge is 0.781 e. The van der Waals surface area contributed by atoms with Gasteiger partial charge in [0.1, 0.15) is 0 Å². The van der Waals surface area contributed by atoms with Crippen molar-refractivity contribution >= 4 is 98.3 Å². The van der Waals surface area contributed by atoms with E-state index in [0.29, 0.717) is 9.79 Å². The zero-order valence-electron chi connectivity index (χ0n) is 24.9. The van der Waals surface area contributed by atoms with Crippen LogP contribution in [0.5, 0.6) is 0 Å². The summed E-state index contributed by atoms with van der Waals surface area (Å²) in [6, 6.07) is 20.0. The fraction of sp³-hybridized carbons (Fsp3) is 0.353. The second-order valence-corrected chi connectivity index (χ2v) is 10.1. The first kappa shape index (κ1) is 47.1. The zero-order valence-corrected chi connectivity index (χ0v) is 33.9. The van der Waals surface area contributed by atoms with E-state index >= 15 is 0 Å². The number of rotatable bonds is 6. The van der Waals surface area contributed by atoms with Crippen molar-refractivity contribution in [3.8, 4) is 22.3 Å². The van der Waals surface area contributed by atoms with Crippen LogP contribution in [0.1, 0.15) is 79.1 Å². The molecule has 0 heterocycles. The molecule has 0 unspecified atom stereocenters. The van der Waals surface area contributed by atoms with Crippen LogP contribution in [0.25, 0.3) is 22.3 Å². The third kappa shape index (κ3) is 22.7. The summed E-state index contributed by atoms with van der Waals surface area (Å²) in [5.41, 5.74) is 4.39. The van der Waals surface area contributed by atoms with E-state index in [1.807, 2.05) is 36.4 Å². The average Bonchev–Trinajstić information content (AvgIpc) is 2.96. The van der Waals surface area contributed by atoms with Gasteiger partial charge in [0.15, 0.2) is 0 Å². The fourth-order valence-electron chi connectivity index (χ4n) is 2.23. The minimum absolute atomic E-state index is 0. The van der Waals surface area contributed by atoms with E-state index < -0.39 is 0 Å². The molecule has 3 rings (SSSR count). The Hall–Kier alpha value is 0.137. The first-order valence-corrected chi connectivity index (χ1v) is 15.1. The van der Waals surface area contributed by atoms with E-state index in [2.05, 4.69) is 79.7 Å². The summed E-state index contributed by atoms with van der Waals surface area (Å²) < 4.78 is 0. The van der Waals surface area contributed by atoms with Crippen LogP contribution < -0.4 is 0 Å². The molecule has 40 heavy (non-hydrogen) atoms. The van der Waals surface area contributed by atoms with E-state index in [1.165, 1.54) is 25.7 Å². The molecule has 0 spiro atoms. The van der Waals surface area contributed by atoms with Gasteiger partial charge in [0.2, 0.25) is 0 Å².